The van der Waals surface area contributed by atoms with E-state index < -0.39 is 36.3 Å². The predicted molar refractivity (Wildman–Crippen MR) is 83.9 cm³/mol. The van der Waals surface area contributed by atoms with Gasteiger partial charge in [-0.25, -0.2) is 4.79 Å². The molecule has 0 heterocycles. The van der Waals surface area contributed by atoms with Crippen molar-refractivity contribution in [2.24, 2.45) is 0 Å². The Kier molecular flexibility index (Phi) is 4.80. The van der Waals surface area contributed by atoms with Crippen LogP contribution in [0, 0.1) is 0 Å². The van der Waals surface area contributed by atoms with Gasteiger partial charge in [-0.1, -0.05) is 60.7 Å². The summed E-state index contributed by atoms with van der Waals surface area (Å²) in [4.78, 5) is 24.0. The molecule has 0 aromatic heterocycles. The fourth-order valence-corrected chi connectivity index (χ4v) is 2.25. The zero-order valence-electron chi connectivity index (χ0n) is 13.3. The summed E-state index contributed by atoms with van der Waals surface area (Å²) in [6, 6.07) is 16.4. The summed E-state index contributed by atoms with van der Waals surface area (Å²) in [5.41, 5.74) is -1.99. The lowest BCUT2D eigenvalue weighted by molar-refractivity contribution is -0.169. The van der Waals surface area contributed by atoms with E-state index in [0.29, 0.717) is 11.1 Å². The Labute approximate surface area is 135 Å². The van der Waals surface area contributed by atoms with Gasteiger partial charge < -0.3 is 15.3 Å². The largest absolute Gasteiger partial charge is 0.479 e. The number of hydrogen-bond donors (Lipinski definition) is 3. The molecule has 0 radical (unpaired) electrons. The van der Waals surface area contributed by atoms with Crippen molar-refractivity contribution in [3.63, 3.8) is 0 Å². The molecule has 2 aromatic carbocycles. The van der Waals surface area contributed by atoms with Gasteiger partial charge in [-0.05, 0) is 11.1 Å². The first kappa shape index (κ1) is 15.4. The SMILES string of the molecule is [2H][C@@](O)(Cc1ccccc1)C(=O)C(O)(Cc1ccccc1)C(=O)O. The van der Waals surface area contributed by atoms with Crippen LogP contribution in [-0.2, 0) is 22.4 Å². The second kappa shape index (κ2) is 7.17. The maximum atomic E-state index is 12.5. The van der Waals surface area contributed by atoms with Crippen LogP contribution in [0.25, 0.3) is 0 Å². The molecular formula is C18H18O5. The summed E-state index contributed by atoms with van der Waals surface area (Å²) in [6.07, 6.45) is -3.71. The number of aliphatic carboxylic acids is 1. The minimum Gasteiger partial charge on any atom is -0.479 e. The van der Waals surface area contributed by atoms with Gasteiger partial charge in [0.05, 0.1) is 1.37 Å². The average molecular weight is 315 g/mol. The van der Waals surface area contributed by atoms with Crippen molar-refractivity contribution in [1.29, 1.82) is 0 Å². The monoisotopic (exact) mass is 315 g/mol. The Morgan fingerprint density at radius 2 is 1.48 bits per heavy atom. The van der Waals surface area contributed by atoms with E-state index in [-0.39, 0.29) is 0 Å². The van der Waals surface area contributed by atoms with Crippen LogP contribution in [0.3, 0.4) is 0 Å². The Bertz CT molecular complexity index is 715. The highest BCUT2D eigenvalue weighted by atomic mass is 16.4. The predicted octanol–water partition coefficient (Wildman–Crippen LogP) is 1.22. The molecule has 0 aliphatic heterocycles. The van der Waals surface area contributed by atoms with Crippen LogP contribution in [0.15, 0.2) is 60.7 Å². The number of carbonyl (C=O) groups excluding carboxylic acids is 1. The summed E-state index contributed by atoms with van der Waals surface area (Å²) < 4.78 is 7.87. The molecule has 120 valence electrons. The lowest BCUT2D eigenvalue weighted by Crippen LogP contribution is -2.53. The van der Waals surface area contributed by atoms with Crippen molar-refractivity contribution in [2.45, 2.75) is 24.5 Å². The molecule has 0 bridgehead atoms. The van der Waals surface area contributed by atoms with Gasteiger partial charge in [-0.3, -0.25) is 4.79 Å². The maximum Gasteiger partial charge on any atom is 0.344 e. The Hall–Kier alpha value is -2.50. The minimum atomic E-state index is -2.88. The number of Topliss-reactive ketones (excluding diaryl/α,β-unsaturated/α-hetero) is 1. The molecule has 0 amide bonds. The van der Waals surface area contributed by atoms with E-state index in [1.54, 1.807) is 60.7 Å². The summed E-state index contributed by atoms with van der Waals surface area (Å²) in [6.45, 7) is 0. The molecule has 0 saturated heterocycles. The maximum absolute atomic E-state index is 12.5. The first-order chi connectivity index (χ1) is 11.3. The lowest BCUT2D eigenvalue weighted by atomic mass is 9.86. The smallest absolute Gasteiger partial charge is 0.344 e. The van der Waals surface area contributed by atoms with Crippen LogP contribution >= 0.6 is 0 Å². The van der Waals surface area contributed by atoms with Gasteiger partial charge in [-0.15, -0.1) is 0 Å². The van der Waals surface area contributed by atoms with Crippen LogP contribution in [0.2, 0.25) is 0 Å². The minimum absolute atomic E-state index is 0.409. The van der Waals surface area contributed by atoms with Crippen LogP contribution in [-0.4, -0.2) is 38.8 Å². The van der Waals surface area contributed by atoms with E-state index in [0.717, 1.165) is 0 Å². The van der Waals surface area contributed by atoms with E-state index in [2.05, 4.69) is 0 Å². The van der Waals surface area contributed by atoms with Crippen LogP contribution < -0.4 is 0 Å². The van der Waals surface area contributed by atoms with Gasteiger partial charge in [-0.2, -0.15) is 0 Å². The van der Waals surface area contributed by atoms with Crippen LogP contribution in [0.4, 0.5) is 0 Å². The van der Waals surface area contributed by atoms with E-state index in [9.17, 15) is 24.9 Å². The molecule has 23 heavy (non-hydrogen) atoms. The summed E-state index contributed by atoms with van der Waals surface area (Å²) >= 11 is 0. The first-order valence-electron chi connectivity index (χ1n) is 7.56. The summed E-state index contributed by atoms with van der Waals surface area (Å²) in [5.74, 6) is -3.26. The van der Waals surface area contributed by atoms with Crippen LogP contribution in [0.1, 0.15) is 12.5 Å². The van der Waals surface area contributed by atoms with Gasteiger partial charge in [0, 0.05) is 12.8 Å². The van der Waals surface area contributed by atoms with Crippen LogP contribution in [0.5, 0.6) is 0 Å². The number of carbonyl (C=O) groups is 2. The third-order valence-electron chi connectivity index (χ3n) is 3.51. The molecule has 5 heteroatoms. The number of carboxylic acids is 1. The molecule has 1 unspecified atom stereocenters. The second-order valence-corrected chi connectivity index (χ2v) is 5.27. The van der Waals surface area contributed by atoms with Crippen molar-refractivity contribution >= 4 is 11.8 Å². The van der Waals surface area contributed by atoms with Crippen molar-refractivity contribution in [3.8, 4) is 0 Å². The molecular weight excluding hydrogens is 296 g/mol. The van der Waals surface area contributed by atoms with E-state index in [4.69, 9.17) is 1.37 Å². The van der Waals surface area contributed by atoms with E-state index >= 15 is 0 Å². The molecule has 2 rings (SSSR count). The van der Waals surface area contributed by atoms with Gasteiger partial charge in [0.15, 0.2) is 0 Å². The highest BCUT2D eigenvalue weighted by molar-refractivity contribution is 6.08. The highest BCUT2D eigenvalue weighted by Gasteiger charge is 2.46. The molecule has 0 aliphatic rings. The molecule has 0 aliphatic carbocycles. The van der Waals surface area contributed by atoms with Crippen molar-refractivity contribution in [2.75, 3.05) is 0 Å². The second-order valence-electron chi connectivity index (χ2n) is 5.27. The number of rotatable bonds is 7. The molecule has 3 N–H and O–H groups in total. The highest BCUT2D eigenvalue weighted by Crippen LogP contribution is 2.19. The Morgan fingerprint density at radius 3 is 1.96 bits per heavy atom. The summed E-state index contributed by atoms with van der Waals surface area (Å²) in [5, 5.41) is 29.9. The molecule has 0 saturated carbocycles. The van der Waals surface area contributed by atoms with Gasteiger partial charge in [0.25, 0.3) is 0 Å². The quantitative estimate of drug-likeness (QED) is 0.668. The fraction of sp³-hybridized carbons (Fsp3) is 0.222. The Morgan fingerprint density at radius 1 is 1.00 bits per heavy atom. The number of hydrogen-bond acceptors (Lipinski definition) is 4. The number of aliphatic hydroxyl groups is 2. The van der Waals surface area contributed by atoms with E-state index in [1.807, 2.05) is 0 Å². The van der Waals surface area contributed by atoms with Gasteiger partial charge >= 0.3 is 5.97 Å². The number of ketones is 1. The van der Waals surface area contributed by atoms with E-state index in [1.165, 1.54) is 0 Å². The number of benzene rings is 2. The van der Waals surface area contributed by atoms with Crippen molar-refractivity contribution < 1.29 is 26.3 Å². The standard InChI is InChI=1S/C18H18O5/c19-15(11-13-7-3-1-4-8-13)16(20)18(23,17(21)22)12-14-9-5-2-6-10-14/h1-10,15,19,23H,11-12H2,(H,21,22)/t15-,18?/m1/s1/i15D. The fourth-order valence-electron chi connectivity index (χ4n) is 2.25. The lowest BCUT2D eigenvalue weighted by Gasteiger charge is -2.24. The molecule has 5 nitrogen and oxygen atoms in total. The zero-order chi connectivity index (χ0) is 17.8. The molecule has 2 atom stereocenters. The zero-order valence-corrected chi connectivity index (χ0v) is 12.3. The summed E-state index contributed by atoms with van der Waals surface area (Å²) in [7, 11) is 0. The third kappa shape index (κ3) is 4.03. The van der Waals surface area contributed by atoms with Crippen molar-refractivity contribution in [1.82, 2.24) is 0 Å². The first-order valence-corrected chi connectivity index (χ1v) is 7.06. The van der Waals surface area contributed by atoms with Crippen molar-refractivity contribution in [3.05, 3.63) is 71.8 Å². The molecule has 0 fully saturated rings. The normalized spacial score (nSPS) is 16.7. The van der Waals surface area contributed by atoms with Gasteiger partial charge in [0.1, 0.15) is 6.08 Å². The average Bonchev–Trinajstić information content (AvgIpc) is 2.55. The van der Waals surface area contributed by atoms with Gasteiger partial charge in [0.2, 0.25) is 11.4 Å². The Balaban J connectivity index is 2.29. The topological polar surface area (TPSA) is 94.8 Å². The number of carboxylic acid groups (broad SMARTS) is 1. The third-order valence-corrected chi connectivity index (χ3v) is 3.51. The molecule has 2 aromatic rings. The molecule has 0 spiro atoms.